The molecule has 0 unspecified atom stereocenters. The van der Waals surface area contributed by atoms with E-state index in [2.05, 4.69) is 32.3 Å². The van der Waals surface area contributed by atoms with Crippen molar-refractivity contribution in [2.75, 3.05) is 14.2 Å². The molecule has 1 aliphatic heterocycles. The van der Waals surface area contributed by atoms with E-state index in [-0.39, 0.29) is 17.0 Å². The summed E-state index contributed by atoms with van der Waals surface area (Å²) in [5.41, 5.74) is 14.2. The molecule has 1 heterocycles. The van der Waals surface area contributed by atoms with Crippen molar-refractivity contribution in [2.45, 2.75) is 75.0 Å². The average Bonchev–Trinajstić information content (AvgIpc) is 3.43. The van der Waals surface area contributed by atoms with Crippen molar-refractivity contribution in [2.24, 2.45) is 15.4 Å². The Morgan fingerprint density at radius 2 is 1.25 bits per heavy atom. The first-order valence-electron chi connectivity index (χ1n) is 17.4. The van der Waals surface area contributed by atoms with Crippen LogP contribution in [0.2, 0.25) is 0 Å². The molecule has 13 heteroatoms. The number of halogens is 1. The lowest BCUT2D eigenvalue weighted by molar-refractivity contribution is -0.0824. The van der Waals surface area contributed by atoms with Gasteiger partial charge in [-0.25, -0.2) is 10.4 Å². The lowest BCUT2D eigenvalue weighted by Crippen LogP contribution is -2.54. The van der Waals surface area contributed by atoms with Gasteiger partial charge in [0, 0.05) is 39.1 Å². The van der Waals surface area contributed by atoms with E-state index >= 15 is 0 Å². The maximum atomic E-state index is 13.0. The van der Waals surface area contributed by atoms with Crippen LogP contribution in [0.25, 0.3) is 0 Å². The van der Waals surface area contributed by atoms with Crippen LogP contribution in [0.1, 0.15) is 92.9 Å². The summed E-state index contributed by atoms with van der Waals surface area (Å²) in [7, 11) is 3.17. The third kappa shape index (κ3) is 11.8. The largest absolute Gasteiger partial charge is 0.496 e. The lowest BCUT2D eigenvalue weighted by atomic mass is 10.1. The van der Waals surface area contributed by atoms with Gasteiger partial charge in [0.05, 0.1) is 14.2 Å². The molecule has 0 spiro atoms. The number of hydrazone groups is 1. The minimum atomic E-state index is -0.810. The van der Waals surface area contributed by atoms with Gasteiger partial charge in [-0.3, -0.25) is 15.0 Å². The smallest absolute Gasteiger partial charge is 0.271 e. The van der Waals surface area contributed by atoms with Gasteiger partial charge >= 0.3 is 0 Å². The predicted molar refractivity (Wildman–Crippen MR) is 219 cm³/mol. The quantitative estimate of drug-likeness (QED) is 0.0925. The molecule has 0 aliphatic carbocycles. The van der Waals surface area contributed by atoms with Crippen molar-refractivity contribution < 1.29 is 29.1 Å². The molecule has 2 amide bonds. The SMILES string of the molecule is COc1cccc(C(=O)NN2C(c3cc(C)cc(C)c3)=NOC2(C)C)c1C.COc1cccc(C(=O)NN=C(C)C)c1C.Cc1cc(C)cc(/C(Cl)=N/O)c1. The Morgan fingerprint density at radius 3 is 1.71 bits per heavy atom. The number of methoxy groups -OCH3 is 2. The number of hydrogen-bond acceptors (Lipinski definition) is 10. The minimum Gasteiger partial charge on any atom is -0.496 e. The van der Waals surface area contributed by atoms with Gasteiger partial charge < -0.3 is 19.5 Å². The Bertz CT molecular complexity index is 2070. The molecule has 0 fully saturated rings. The van der Waals surface area contributed by atoms with Crippen LogP contribution < -0.4 is 20.3 Å². The summed E-state index contributed by atoms with van der Waals surface area (Å²) in [6.07, 6.45) is 0. The summed E-state index contributed by atoms with van der Waals surface area (Å²) in [6.45, 7) is 19.0. The van der Waals surface area contributed by atoms with Gasteiger partial charge in [0.2, 0.25) is 5.72 Å². The summed E-state index contributed by atoms with van der Waals surface area (Å²) < 4.78 is 10.5. The Hall–Kier alpha value is -5.88. The fraction of sp³-hybridized carbons (Fsp3) is 0.310. The molecular weight excluding hydrogens is 720 g/mol. The average molecular weight is 771 g/mol. The molecule has 0 atom stereocenters. The third-order valence-electron chi connectivity index (χ3n) is 8.23. The Labute approximate surface area is 328 Å². The molecule has 0 saturated carbocycles. The number of carbonyl (C=O) groups excluding carboxylic acids is 2. The van der Waals surface area contributed by atoms with Crippen LogP contribution in [0.15, 0.2) is 88.2 Å². The van der Waals surface area contributed by atoms with E-state index in [1.54, 1.807) is 43.5 Å². The maximum Gasteiger partial charge on any atom is 0.271 e. The molecule has 5 rings (SSSR count). The second-order valence-corrected chi connectivity index (χ2v) is 14.0. The summed E-state index contributed by atoms with van der Waals surface area (Å²) >= 11 is 5.63. The molecule has 3 N–H and O–H groups in total. The first-order chi connectivity index (χ1) is 25.9. The number of hydrogen-bond donors (Lipinski definition) is 3. The van der Waals surface area contributed by atoms with Crippen LogP contribution in [-0.4, -0.2) is 58.7 Å². The number of hydrazine groups is 1. The number of benzene rings is 4. The molecule has 0 bridgehead atoms. The van der Waals surface area contributed by atoms with Crippen LogP contribution in [0.4, 0.5) is 0 Å². The topological polar surface area (TPSA) is 146 Å². The third-order valence-corrected chi connectivity index (χ3v) is 8.52. The van der Waals surface area contributed by atoms with Crippen molar-refractivity contribution >= 4 is 40.1 Å². The van der Waals surface area contributed by atoms with Crippen molar-refractivity contribution in [3.05, 3.63) is 128 Å². The number of ether oxygens (including phenoxy) is 2. The summed E-state index contributed by atoms with van der Waals surface area (Å²) in [6, 6.07) is 22.6. The van der Waals surface area contributed by atoms with Gasteiger partial charge in [-0.05, 0) is 118 Å². The van der Waals surface area contributed by atoms with Gasteiger partial charge in [-0.2, -0.15) is 5.10 Å². The summed E-state index contributed by atoms with van der Waals surface area (Å²) in [4.78, 5) is 30.3. The van der Waals surface area contributed by atoms with Crippen LogP contribution in [0.5, 0.6) is 11.5 Å². The molecule has 4 aromatic rings. The van der Waals surface area contributed by atoms with Gasteiger partial charge in [0.1, 0.15) is 11.5 Å². The first kappa shape index (κ1) is 43.5. The molecule has 0 radical (unpaired) electrons. The number of carbonyl (C=O) groups is 2. The summed E-state index contributed by atoms with van der Waals surface area (Å²) in [5.74, 6) is 1.47. The zero-order valence-electron chi connectivity index (χ0n) is 33.6. The minimum absolute atomic E-state index is 0.127. The zero-order chi connectivity index (χ0) is 41.0. The van der Waals surface area contributed by atoms with E-state index in [1.807, 2.05) is 112 Å². The predicted octanol–water partition coefficient (Wildman–Crippen LogP) is 8.50. The van der Waals surface area contributed by atoms with Gasteiger partial charge in [0.25, 0.3) is 11.8 Å². The molecular formula is C42H51ClN6O6. The molecule has 12 nitrogen and oxygen atoms in total. The van der Waals surface area contributed by atoms with E-state index in [0.717, 1.165) is 50.2 Å². The van der Waals surface area contributed by atoms with Gasteiger partial charge in [-0.1, -0.05) is 68.4 Å². The van der Waals surface area contributed by atoms with Crippen LogP contribution in [0.3, 0.4) is 0 Å². The molecule has 292 valence electrons. The van der Waals surface area contributed by atoms with E-state index in [0.29, 0.717) is 28.5 Å². The zero-order valence-corrected chi connectivity index (χ0v) is 34.3. The van der Waals surface area contributed by atoms with E-state index < -0.39 is 5.72 Å². The van der Waals surface area contributed by atoms with Crippen LogP contribution >= 0.6 is 11.6 Å². The number of nitrogens with one attached hydrogen (secondary N) is 2. The van der Waals surface area contributed by atoms with Gasteiger partial charge in [0.15, 0.2) is 11.0 Å². The number of amidine groups is 1. The van der Waals surface area contributed by atoms with Crippen LogP contribution in [-0.2, 0) is 4.84 Å². The monoisotopic (exact) mass is 770 g/mol. The first-order valence-corrected chi connectivity index (χ1v) is 17.8. The second-order valence-electron chi connectivity index (χ2n) is 13.6. The number of oxime groups is 2. The fourth-order valence-electron chi connectivity index (χ4n) is 5.66. The highest BCUT2D eigenvalue weighted by Gasteiger charge is 2.40. The van der Waals surface area contributed by atoms with E-state index in [9.17, 15) is 9.59 Å². The van der Waals surface area contributed by atoms with Crippen molar-refractivity contribution in [3.63, 3.8) is 0 Å². The summed E-state index contributed by atoms with van der Waals surface area (Å²) in [5, 5.41) is 21.2. The molecule has 1 aliphatic rings. The molecule has 0 saturated heterocycles. The molecule has 55 heavy (non-hydrogen) atoms. The van der Waals surface area contributed by atoms with Crippen LogP contribution in [0, 0.1) is 41.5 Å². The van der Waals surface area contributed by atoms with Crippen molar-refractivity contribution in [1.82, 2.24) is 15.9 Å². The highest BCUT2D eigenvalue weighted by Crippen LogP contribution is 2.27. The Kier molecular flexibility index (Phi) is 15.4. The number of nitrogens with zero attached hydrogens (tertiary/aromatic N) is 4. The number of amides is 2. The fourth-order valence-corrected chi connectivity index (χ4v) is 5.77. The lowest BCUT2D eigenvalue weighted by Gasteiger charge is -2.31. The second kappa shape index (κ2) is 19.4. The van der Waals surface area contributed by atoms with Crippen molar-refractivity contribution in [1.29, 1.82) is 0 Å². The molecule has 0 aromatic heterocycles. The standard InChI is InChI=1S/C21H25N3O3.C12H16N2O2.C9H10ClNO/c1-13-10-14(2)12-16(11-13)19-23-27-21(4,5)24(19)22-20(25)17-8-7-9-18(26-6)15(17)3;1-8(2)13-14-12(15)10-6-5-7-11(16-4)9(10)3;1-6-3-7(2)5-8(4-6)9(10)11-12/h7-12H,1-6H3,(H,22,25);5-7H,1-4H3,(H,14,15);3-5,12H,1-2H3/b;;11-9-. The maximum absolute atomic E-state index is 13.0. The normalized spacial score (nSPS) is 12.8. The van der Waals surface area contributed by atoms with Gasteiger partial charge in [-0.15, -0.1) is 0 Å². The Morgan fingerprint density at radius 1 is 0.782 bits per heavy atom. The Balaban J connectivity index is 0.000000246. The van der Waals surface area contributed by atoms with E-state index in [4.69, 9.17) is 31.1 Å². The number of aryl methyl sites for hydroxylation is 4. The van der Waals surface area contributed by atoms with E-state index in [1.165, 1.54) is 0 Å². The number of rotatable bonds is 8. The highest BCUT2D eigenvalue weighted by molar-refractivity contribution is 6.69. The van der Waals surface area contributed by atoms with Crippen molar-refractivity contribution in [3.8, 4) is 11.5 Å². The molecule has 4 aromatic carbocycles. The highest BCUT2D eigenvalue weighted by atomic mass is 35.5.